The van der Waals surface area contributed by atoms with Crippen LogP contribution in [0.2, 0.25) is 0 Å². The molecule has 0 bridgehead atoms. The summed E-state index contributed by atoms with van der Waals surface area (Å²) in [6.45, 7) is 2.26. The van der Waals surface area contributed by atoms with E-state index in [4.69, 9.17) is 0 Å². The van der Waals surface area contributed by atoms with Gasteiger partial charge in [0.25, 0.3) is 0 Å². The van der Waals surface area contributed by atoms with Crippen LogP contribution < -0.4 is 51.4 Å². The van der Waals surface area contributed by atoms with Gasteiger partial charge in [0, 0.05) is 5.75 Å². The molecule has 0 saturated heterocycles. The molecule has 0 aliphatic carbocycles. The summed E-state index contributed by atoms with van der Waals surface area (Å²) in [7, 11) is -4.10. The Hall–Kier alpha value is 1.51. The zero-order valence-corrected chi connectivity index (χ0v) is 21.3. The van der Waals surface area contributed by atoms with Gasteiger partial charge in [0.1, 0.15) is 0 Å². The number of unbranched alkanes of at least 4 members (excludes halogenated alkanes) is 13. The van der Waals surface area contributed by atoms with Gasteiger partial charge < -0.3 is 9.66 Å². The maximum atomic E-state index is 10.5. The Morgan fingerprint density at radius 3 is 1.42 bits per heavy atom. The number of hydrogen-bond acceptors (Lipinski definition) is 4. The maximum Gasteiger partial charge on any atom is 1.00 e. The van der Waals surface area contributed by atoms with Crippen LogP contribution in [0.1, 0.15) is 116 Å². The van der Waals surface area contributed by atoms with Gasteiger partial charge in [-0.2, -0.15) is 0 Å². The van der Waals surface area contributed by atoms with Crippen LogP contribution in [0.15, 0.2) is 0 Å². The molecule has 0 aromatic rings. The van der Waals surface area contributed by atoms with Crippen LogP contribution in [0.4, 0.5) is 0 Å². The molecule has 1 N–H and O–H groups in total. The van der Waals surface area contributed by atoms with Crippen molar-refractivity contribution in [2.24, 2.45) is 0 Å². The maximum absolute atomic E-state index is 10.5. The molecule has 0 aromatic heterocycles. The van der Waals surface area contributed by atoms with Gasteiger partial charge in [0.05, 0.1) is 16.2 Å². The van der Waals surface area contributed by atoms with Gasteiger partial charge in [0.15, 0.2) is 0 Å². The summed E-state index contributed by atoms with van der Waals surface area (Å²) >= 11 is 0. The Morgan fingerprint density at radius 2 is 1.04 bits per heavy atom. The Labute approximate surface area is 205 Å². The van der Waals surface area contributed by atoms with Gasteiger partial charge >= 0.3 is 51.4 Å². The minimum absolute atomic E-state index is 0. The van der Waals surface area contributed by atoms with Crippen LogP contribution in [-0.4, -0.2) is 29.9 Å². The molecule has 0 amide bonds. The molecule has 6 heteroatoms. The first-order valence-corrected chi connectivity index (χ1v) is 12.1. The first-order valence-electron chi connectivity index (χ1n) is 10.6. The van der Waals surface area contributed by atoms with Crippen molar-refractivity contribution in [1.29, 1.82) is 0 Å². The number of hydrogen-bond donors (Lipinski definition) is 1. The van der Waals surface area contributed by atoms with Crippen molar-refractivity contribution in [3.63, 3.8) is 0 Å². The summed E-state index contributed by atoms with van der Waals surface area (Å²) in [5.41, 5.74) is 0. The summed E-state index contributed by atoms with van der Waals surface area (Å²) in [6, 6.07) is 0. The zero-order chi connectivity index (χ0) is 18.8. The van der Waals surface area contributed by atoms with E-state index in [2.05, 4.69) is 6.92 Å². The molecule has 0 saturated carbocycles. The number of aliphatic hydroxyl groups excluding tert-OH is 1. The second-order valence-electron chi connectivity index (χ2n) is 7.44. The molecular weight excluding hydrogens is 375 g/mol. The van der Waals surface area contributed by atoms with Gasteiger partial charge in [-0.05, 0) is 25.7 Å². The second-order valence-corrected chi connectivity index (χ2v) is 8.97. The monoisotopic (exact) mass is 416 g/mol. The minimum atomic E-state index is -4.10. The van der Waals surface area contributed by atoms with Gasteiger partial charge in [-0.3, -0.25) is 0 Å². The van der Waals surface area contributed by atoms with Crippen molar-refractivity contribution in [3.8, 4) is 0 Å². The van der Waals surface area contributed by atoms with E-state index in [9.17, 15) is 18.1 Å². The second kappa shape index (κ2) is 21.2. The van der Waals surface area contributed by atoms with Crippen LogP contribution in [0.3, 0.4) is 0 Å². The molecule has 0 rings (SSSR count). The summed E-state index contributed by atoms with van der Waals surface area (Å²) in [4.78, 5) is 0. The van der Waals surface area contributed by atoms with E-state index in [1.807, 2.05) is 0 Å². The molecule has 0 aliphatic heterocycles. The van der Waals surface area contributed by atoms with Crippen molar-refractivity contribution in [2.75, 3.05) is 5.75 Å². The van der Waals surface area contributed by atoms with Gasteiger partial charge in [-0.15, -0.1) is 0 Å². The van der Waals surface area contributed by atoms with Crippen molar-refractivity contribution >= 4 is 10.1 Å². The minimum Gasteiger partial charge on any atom is -0.748 e. The molecule has 0 spiro atoms. The third-order valence-corrected chi connectivity index (χ3v) is 5.61. The van der Waals surface area contributed by atoms with E-state index >= 15 is 0 Å². The van der Waals surface area contributed by atoms with Gasteiger partial charge in [-0.25, -0.2) is 8.42 Å². The van der Waals surface area contributed by atoms with E-state index in [0.29, 0.717) is 19.3 Å². The van der Waals surface area contributed by atoms with Crippen LogP contribution in [0.25, 0.3) is 0 Å². The quantitative estimate of drug-likeness (QED) is 0.199. The van der Waals surface area contributed by atoms with Crippen molar-refractivity contribution < 1.29 is 69.5 Å². The molecule has 0 aliphatic rings. The fourth-order valence-electron chi connectivity index (χ4n) is 3.20. The average Bonchev–Trinajstić information content (AvgIpc) is 2.55. The first-order chi connectivity index (χ1) is 12.0. The summed E-state index contributed by atoms with van der Waals surface area (Å²) < 4.78 is 31.4. The molecule has 4 nitrogen and oxygen atoms in total. The molecule has 0 fully saturated rings. The molecular formula is C20H41KO4S. The predicted molar refractivity (Wildman–Crippen MR) is 105 cm³/mol. The summed E-state index contributed by atoms with van der Waals surface area (Å²) in [6.07, 6.45) is 19.2. The Balaban J connectivity index is 0. The molecule has 26 heavy (non-hydrogen) atoms. The molecule has 0 radical (unpaired) electrons. The molecule has 1 atom stereocenters. The van der Waals surface area contributed by atoms with Crippen LogP contribution in [0.5, 0.6) is 0 Å². The topological polar surface area (TPSA) is 77.4 Å². The smallest absolute Gasteiger partial charge is 0.748 e. The number of aliphatic hydroxyl groups is 1. The zero-order valence-electron chi connectivity index (χ0n) is 17.4. The van der Waals surface area contributed by atoms with Crippen molar-refractivity contribution in [3.05, 3.63) is 0 Å². The standard InChI is InChI=1S/C20H42O4S.K/c1-2-3-4-5-6-7-8-9-10-11-12-13-14-17-20(21)18-15-16-19-25(22,23)24;/h20-21H,2-19H2,1H3,(H,22,23,24);/q;+1/p-1. The van der Waals surface area contributed by atoms with E-state index in [-0.39, 0.29) is 63.2 Å². The average molecular weight is 417 g/mol. The number of rotatable bonds is 19. The third kappa shape index (κ3) is 25.5. The summed E-state index contributed by atoms with van der Waals surface area (Å²) in [5.74, 6) is -0.307. The van der Waals surface area contributed by atoms with Crippen LogP contribution in [-0.2, 0) is 10.1 Å². The summed E-state index contributed by atoms with van der Waals surface area (Å²) in [5, 5.41) is 9.83. The van der Waals surface area contributed by atoms with E-state index < -0.39 is 10.1 Å². The largest absolute Gasteiger partial charge is 1.00 e. The Kier molecular flexibility index (Phi) is 24.2. The molecule has 0 heterocycles. The Morgan fingerprint density at radius 1 is 0.692 bits per heavy atom. The SMILES string of the molecule is CCCCCCCCCCCCCCCC(O)CCCCS(=O)(=O)[O-].[K+]. The van der Waals surface area contributed by atoms with E-state index in [1.54, 1.807) is 0 Å². The predicted octanol–water partition coefficient (Wildman–Crippen LogP) is 2.55. The van der Waals surface area contributed by atoms with Gasteiger partial charge in [-0.1, -0.05) is 90.4 Å². The fraction of sp³-hybridized carbons (Fsp3) is 1.00. The van der Waals surface area contributed by atoms with Crippen molar-refractivity contribution in [2.45, 2.75) is 122 Å². The first kappa shape index (κ1) is 29.7. The van der Waals surface area contributed by atoms with Crippen molar-refractivity contribution in [1.82, 2.24) is 0 Å². The Bertz CT molecular complexity index is 374. The van der Waals surface area contributed by atoms with E-state index in [0.717, 1.165) is 12.8 Å². The third-order valence-electron chi connectivity index (χ3n) is 4.82. The molecule has 0 aromatic carbocycles. The van der Waals surface area contributed by atoms with Crippen LogP contribution >= 0.6 is 0 Å². The fourth-order valence-corrected chi connectivity index (χ4v) is 3.76. The van der Waals surface area contributed by atoms with Crippen LogP contribution in [0, 0.1) is 0 Å². The molecule has 1 unspecified atom stereocenters. The van der Waals surface area contributed by atoms with Gasteiger partial charge in [0.2, 0.25) is 0 Å². The molecule has 152 valence electrons. The van der Waals surface area contributed by atoms with E-state index in [1.165, 1.54) is 77.0 Å². The normalized spacial score (nSPS) is 12.7.